The van der Waals surface area contributed by atoms with Crippen LogP contribution in [0.4, 0.5) is 17.1 Å². The third-order valence-corrected chi connectivity index (χ3v) is 5.43. The Kier molecular flexibility index (Phi) is 2.67. The highest BCUT2D eigenvalue weighted by molar-refractivity contribution is 6.32. The number of nitrogens with zero attached hydrogens (tertiary/aromatic N) is 1. The van der Waals surface area contributed by atoms with Gasteiger partial charge in [0.2, 0.25) is 0 Å². The first-order valence-corrected chi connectivity index (χ1v) is 8.39. The molecule has 5 rings (SSSR count). The molecule has 25 heavy (non-hydrogen) atoms. The Morgan fingerprint density at radius 2 is 1.76 bits per heavy atom. The molecule has 6 heteroatoms. The van der Waals surface area contributed by atoms with Gasteiger partial charge in [0.25, 0.3) is 0 Å². The summed E-state index contributed by atoms with van der Waals surface area (Å²) in [7, 11) is 2.07. The number of rotatable bonds is 0. The van der Waals surface area contributed by atoms with Crippen LogP contribution in [0.3, 0.4) is 0 Å². The largest absolute Gasteiger partial charge is 0.398 e. The maximum absolute atomic E-state index is 13.1. The number of nitrogen functional groups attached to an aromatic ring is 1. The van der Waals surface area contributed by atoms with Gasteiger partial charge in [0.1, 0.15) is 5.66 Å². The van der Waals surface area contributed by atoms with Crippen molar-refractivity contribution in [3.05, 3.63) is 52.6 Å². The van der Waals surface area contributed by atoms with Gasteiger partial charge in [-0.25, -0.2) is 0 Å². The monoisotopic (exact) mass is 334 g/mol. The van der Waals surface area contributed by atoms with Crippen LogP contribution >= 0.6 is 0 Å². The second-order valence-electron chi connectivity index (χ2n) is 7.16. The summed E-state index contributed by atoms with van der Waals surface area (Å²) in [5, 5.41) is 6.99. The molecule has 1 fully saturated rings. The maximum Gasteiger partial charge on any atom is 0.196 e. The van der Waals surface area contributed by atoms with Gasteiger partial charge in [-0.05, 0) is 13.1 Å². The van der Waals surface area contributed by atoms with Gasteiger partial charge in [0, 0.05) is 36.3 Å². The minimum Gasteiger partial charge on any atom is -0.398 e. The highest BCUT2D eigenvalue weighted by Crippen LogP contribution is 2.46. The molecule has 4 N–H and O–H groups in total. The predicted molar refractivity (Wildman–Crippen MR) is 96.3 cm³/mol. The summed E-state index contributed by atoms with van der Waals surface area (Å²) in [5.41, 5.74) is 9.31. The van der Waals surface area contributed by atoms with Crippen LogP contribution in [0.5, 0.6) is 0 Å². The zero-order chi connectivity index (χ0) is 17.3. The molecule has 1 unspecified atom stereocenters. The second kappa shape index (κ2) is 4.61. The van der Waals surface area contributed by atoms with Gasteiger partial charge in [-0.15, -0.1) is 0 Å². The predicted octanol–water partition coefficient (Wildman–Crippen LogP) is 1.91. The first kappa shape index (κ1) is 14.5. The zero-order valence-electron chi connectivity index (χ0n) is 13.8. The average Bonchev–Trinajstić information content (AvgIpc) is 3.13. The Balaban J connectivity index is 1.72. The second-order valence-corrected chi connectivity index (χ2v) is 7.16. The summed E-state index contributed by atoms with van der Waals surface area (Å²) in [4.78, 5) is 28.3. The third-order valence-electron chi connectivity index (χ3n) is 5.43. The van der Waals surface area contributed by atoms with Gasteiger partial charge in [0.15, 0.2) is 11.6 Å². The van der Waals surface area contributed by atoms with E-state index in [1.54, 1.807) is 30.3 Å². The van der Waals surface area contributed by atoms with Crippen molar-refractivity contribution in [3.8, 4) is 0 Å². The molecule has 1 spiro atoms. The van der Waals surface area contributed by atoms with Crippen molar-refractivity contribution in [3.63, 3.8) is 0 Å². The number of benzene rings is 2. The van der Waals surface area contributed by atoms with Crippen LogP contribution in [0.15, 0.2) is 30.3 Å². The fourth-order valence-electron chi connectivity index (χ4n) is 4.29. The lowest BCUT2D eigenvalue weighted by Gasteiger charge is -2.25. The molecule has 2 aliphatic heterocycles. The lowest BCUT2D eigenvalue weighted by atomic mass is 9.82. The number of carbonyl (C=O) groups excluding carboxylic acids is 2. The number of anilines is 3. The number of hydrogen-bond donors (Lipinski definition) is 3. The lowest BCUT2D eigenvalue weighted by Crippen LogP contribution is -2.44. The molecule has 0 aromatic heterocycles. The van der Waals surface area contributed by atoms with Crippen molar-refractivity contribution in [2.24, 2.45) is 0 Å². The van der Waals surface area contributed by atoms with Crippen LogP contribution in [-0.4, -0.2) is 42.3 Å². The van der Waals surface area contributed by atoms with Gasteiger partial charge in [0.05, 0.1) is 22.5 Å². The molecule has 2 aromatic carbocycles. The fourth-order valence-corrected chi connectivity index (χ4v) is 4.29. The Morgan fingerprint density at radius 3 is 2.40 bits per heavy atom. The summed E-state index contributed by atoms with van der Waals surface area (Å²) in [6, 6.07) is 8.70. The number of likely N-dealkylation sites (N-methyl/N-ethyl adjacent to an activating group) is 1. The number of likely N-dealkylation sites (tertiary alicyclic amines) is 1. The van der Waals surface area contributed by atoms with E-state index in [1.165, 1.54) is 0 Å². The number of hydrogen-bond acceptors (Lipinski definition) is 6. The van der Waals surface area contributed by atoms with Gasteiger partial charge in [-0.1, -0.05) is 24.3 Å². The minimum atomic E-state index is -0.307. The van der Waals surface area contributed by atoms with Crippen LogP contribution in [0, 0.1) is 0 Å². The van der Waals surface area contributed by atoms with Crippen LogP contribution in [0.1, 0.15) is 38.3 Å². The molecular formula is C19H18N4O2. The first-order chi connectivity index (χ1) is 12.0. The Morgan fingerprint density at radius 1 is 1.08 bits per heavy atom. The van der Waals surface area contributed by atoms with Crippen LogP contribution < -0.4 is 16.4 Å². The normalized spacial score (nSPS) is 23.9. The Bertz CT molecular complexity index is 968. The van der Waals surface area contributed by atoms with E-state index in [1.807, 2.05) is 0 Å². The maximum atomic E-state index is 13.1. The van der Waals surface area contributed by atoms with E-state index in [0.29, 0.717) is 33.6 Å². The molecule has 0 bridgehead atoms. The van der Waals surface area contributed by atoms with Crippen molar-refractivity contribution in [2.75, 3.05) is 36.5 Å². The van der Waals surface area contributed by atoms with Gasteiger partial charge >= 0.3 is 0 Å². The average molecular weight is 334 g/mol. The number of nitrogens with one attached hydrogen (secondary N) is 2. The lowest BCUT2D eigenvalue weighted by molar-refractivity contribution is 0.0980. The van der Waals surface area contributed by atoms with E-state index in [0.717, 1.165) is 25.2 Å². The van der Waals surface area contributed by atoms with E-state index in [-0.39, 0.29) is 17.2 Å². The number of carbonyl (C=O) groups is 2. The molecule has 0 saturated carbocycles. The molecular weight excluding hydrogens is 316 g/mol. The third kappa shape index (κ3) is 1.83. The summed E-state index contributed by atoms with van der Waals surface area (Å²) < 4.78 is 0. The summed E-state index contributed by atoms with van der Waals surface area (Å²) in [6.07, 6.45) is 0.908. The van der Waals surface area contributed by atoms with E-state index in [2.05, 4.69) is 22.6 Å². The van der Waals surface area contributed by atoms with Crippen LogP contribution in [-0.2, 0) is 0 Å². The van der Waals surface area contributed by atoms with Gasteiger partial charge < -0.3 is 21.3 Å². The van der Waals surface area contributed by atoms with E-state index in [9.17, 15) is 9.59 Å². The van der Waals surface area contributed by atoms with Crippen LogP contribution in [0.25, 0.3) is 0 Å². The standard InChI is InChI=1S/C19H18N4O2/c1-23-7-6-19(9-23)21-13-8-12(20)14-15(16(13)22-19)18(25)11-5-3-2-4-10(11)17(14)24/h2-5,8,21-22H,6-7,9,20H2,1H3. The molecule has 1 aliphatic carbocycles. The fraction of sp³-hybridized carbons (Fsp3) is 0.263. The van der Waals surface area contributed by atoms with Crippen molar-refractivity contribution in [2.45, 2.75) is 12.1 Å². The number of ketones is 2. The SMILES string of the molecule is CN1CCC2(C1)Nc1cc(N)c3c(c1N2)C(=O)c1ccccc1C3=O. The van der Waals surface area contributed by atoms with E-state index in [4.69, 9.17) is 5.73 Å². The molecule has 1 atom stereocenters. The highest BCUT2D eigenvalue weighted by Gasteiger charge is 2.45. The molecule has 1 saturated heterocycles. The summed E-state index contributed by atoms with van der Waals surface area (Å²) in [6.45, 7) is 1.77. The highest BCUT2D eigenvalue weighted by atomic mass is 16.1. The smallest absolute Gasteiger partial charge is 0.196 e. The van der Waals surface area contributed by atoms with E-state index < -0.39 is 0 Å². The van der Waals surface area contributed by atoms with Crippen molar-refractivity contribution in [1.82, 2.24) is 4.90 Å². The molecule has 6 nitrogen and oxygen atoms in total. The molecule has 3 aliphatic rings. The number of fused-ring (bicyclic) bond motifs is 4. The molecule has 0 radical (unpaired) electrons. The van der Waals surface area contributed by atoms with Crippen LogP contribution in [0.2, 0.25) is 0 Å². The Labute approximate surface area is 145 Å². The van der Waals surface area contributed by atoms with Crippen molar-refractivity contribution < 1.29 is 9.59 Å². The van der Waals surface area contributed by atoms with E-state index >= 15 is 0 Å². The summed E-state index contributed by atoms with van der Waals surface area (Å²) in [5.74, 6) is -0.330. The summed E-state index contributed by atoms with van der Waals surface area (Å²) >= 11 is 0. The molecule has 2 aromatic rings. The Hall–Kier alpha value is -2.86. The zero-order valence-corrected chi connectivity index (χ0v) is 13.8. The topological polar surface area (TPSA) is 87.5 Å². The van der Waals surface area contributed by atoms with Gasteiger partial charge in [-0.2, -0.15) is 0 Å². The minimum absolute atomic E-state index is 0.147. The van der Waals surface area contributed by atoms with Gasteiger partial charge in [-0.3, -0.25) is 9.59 Å². The quantitative estimate of drug-likeness (QED) is 0.545. The van der Waals surface area contributed by atoms with Crippen molar-refractivity contribution in [1.29, 1.82) is 0 Å². The number of nitrogens with two attached hydrogens (primary N) is 1. The first-order valence-electron chi connectivity index (χ1n) is 8.39. The molecule has 0 amide bonds. The van der Waals surface area contributed by atoms with Crippen molar-refractivity contribution >= 4 is 28.6 Å². The molecule has 126 valence electrons. The molecule has 2 heterocycles.